The van der Waals surface area contributed by atoms with Gasteiger partial charge in [-0.05, 0) is 45.1 Å². The lowest BCUT2D eigenvalue weighted by atomic mass is 9.97. The van der Waals surface area contributed by atoms with Crippen molar-refractivity contribution in [2.45, 2.75) is 52.1 Å². The van der Waals surface area contributed by atoms with Crippen LogP contribution in [-0.2, 0) is 19.1 Å². The summed E-state index contributed by atoms with van der Waals surface area (Å²) in [6.45, 7) is 8.56. The van der Waals surface area contributed by atoms with Crippen molar-refractivity contribution in [1.29, 1.82) is 0 Å². The molecule has 1 N–H and O–H groups in total. The van der Waals surface area contributed by atoms with Crippen LogP contribution in [0.1, 0.15) is 52.0 Å². The average molecular weight is 405 g/mol. The normalized spacial score (nSPS) is 16.1. The van der Waals surface area contributed by atoms with Crippen LogP contribution in [0.3, 0.4) is 0 Å². The number of amides is 2. The summed E-state index contributed by atoms with van der Waals surface area (Å²) in [6, 6.07) is 9.90. The van der Waals surface area contributed by atoms with Crippen molar-refractivity contribution in [3.05, 3.63) is 35.9 Å². The zero-order chi connectivity index (χ0) is 21.4. The van der Waals surface area contributed by atoms with Crippen LogP contribution in [-0.4, -0.2) is 54.7 Å². The molecule has 160 valence electrons. The Labute approximate surface area is 172 Å². The first kappa shape index (κ1) is 22.7. The van der Waals surface area contributed by atoms with Crippen LogP contribution in [0, 0.1) is 5.92 Å². The summed E-state index contributed by atoms with van der Waals surface area (Å²) >= 11 is 0. The zero-order valence-corrected chi connectivity index (χ0v) is 17.8. The van der Waals surface area contributed by atoms with Gasteiger partial charge in [-0.1, -0.05) is 37.3 Å². The molecule has 2 amide bonds. The molecular weight excluding hydrogens is 372 g/mol. The predicted molar refractivity (Wildman–Crippen MR) is 109 cm³/mol. The van der Waals surface area contributed by atoms with Gasteiger partial charge in [-0.2, -0.15) is 0 Å². The molecule has 1 fully saturated rings. The highest BCUT2D eigenvalue weighted by atomic mass is 16.6. The molecule has 2 rings (SSSR count). The Hall–Kier alpha value is -2.57. The largest absolute Gasteiger partial charge is 0.455 e. The fraction of sp³-hybridized carbons (Fsp3) is 0.591. The molecule has 1 saturated heterocycles. The van der Waals surface area contributed by atoms with E-state index < -0.39 is 5.60 Å². The van der Waals surface area contributed by atoms with E-state index >= 15 is 0 Å². The number of hydrogen-bond donors (Lipinski definition) is 1. The topological polar surface area (TPSA) is 84.9 Å². The molecular formula is C22H32N2O5. The second kappa shape index (κ2) is 10.3. The number of likely N-dealkylation sites (tertiary alicyclic amines) is 1. The van der Waals surface area contributed by atoms with Gasteiger partial charge < -0.3 is 19.7 Å². The predicted octanol–water partition coefficient (Wildman–Crippen LogP) is 3.10. The highest BCUT2D eigenvalue weighted by molar-refractivity contribution is 5.81. The van der Waals surface area contributed by atoms with Gasteiger partial charge in [0.05, 0.1) is 5.92 Å². The van der Waals surface area contributed by atoms with Crippen LogP contribution in [0.2, 0.25) is 0 Å². The number of benzene rings is 1. The van der Waals surface area contributed by atoms with Crippen LogP contribution in [0.5, 0.6) is 0 Å². The summed E-state index contributed by atoms with van der Waals surface area (Å²) in [6.07, 6.45) is 0.645. The standard InChI is InChI=1S/C22H32N2O5/c1-16(17-8-6-5-7-9-17)14-23-19(25)15-28-20(26)18-10-12-24(13-11-18)21(27)29-22(2,3)4/h5-9,16,18H,10-15H2,1-4H3,(H,23,25)/t16-/m1/s1. The molecule has 1 aliphatic rings. The molecule has 0 aromatic heterocycles. The molecule has 1 aromatic carbocycles. The average Bonchev–Trinajstić information content (AvgIpc) is 2.69. The molecule has 29 heavy (non-hydrogen) atoms. The zero-order valence-electron chi connectivity index (χ0n) is 17.8. The Kier molecular flexibility index (Phi) is 8.05. The van der Waals surface area contributed by atoms with E-state index in [9.17, 15) is 14.4 Å². The van der Waals surface area contributed by atoms with Crippen molar-refractivity contribution < 1.29 is 23.9 Å². The van der Waals surface area contributed by atoms with Gasteiger partial charge in [-0.3, -0.25) is 9.59 Å². The van der Waals surface area contributed by atoms with Gasteiger partial charge in [0.1, 0.15) is 5.60 Å². The van der Waals surface area contributed by atoms with E-state index in [1.165, 1.54) is 0 Å². The molecule has 0 saturated carbocycles. The molecule has 7 nitrogen and oxygen atoms in total. The van der Waals surface area contributed by atoms with Gasteiger partial charge in [-0.25, -0.2) is 4.79 Å². The summed E-state index contributed by atoms with van der Waals surface area (Å²) < 4.78 is 10.5. The fourth-order valence-corrected chi connectivity index (χ4v) is 3.10. The van der Waals surface area contributed by atoms with Crippen molar-refractivity contribution in [2.75, 3.05) is 26.2 Å². The van der Waals surface area contributed by atoms with Crippen molar-refractivity contribution in [3.8, 4) is 0 Å². The summed E-state index contributed by atoms with van der Waals surface area (Å²) in [5.74, 6) is -0.829. The van der Waals surface area contributed by atoms with E-state index in [1.807, 2.05) is 58.0 Å². The highest BCUT2D eigenvalue weighted by Gasteiger charge is 2.30. The third kappa shape index (κ3) is 7.75. The Morgan fingerprint density at radius 3 is 2.34 bits per heavy atom. The van der Waals surface area contributed by atoms with Gasteiger partial charge in [0.2, 0.25) is 0 Å². The number of piperidine rings is 1. The summed E-state index contributed by atoms with van der Waals surface area (Å²) in [4.78, 5) is 37.9. The Morgan fingerprint density at radius 2 is 1.76 bits per heavy atom. The third-order valence-corrected chi connectivity index (χ3v) is 4.80. The van der Waals surface area contributed by atoms with Crippen molar-refractivity contribution in [2.24, 2.45) is 5.92 Å². The molecule has 7 heteroatoms. The van der Waals surface area contributed by atoms with Crippen molar-refractivity contribution >= 4 is 18.0 Å². The molecule has 0 spiro atoms. The molecule has 0 unspecified atom stereocenters. The lowest BCUT2D eigenvalue weighted by Crippen LogP contribution is -2.43. The number of nitrogens with one attached hydrogen (secondary N) is 1. The summed E-state index contributed by atoms with van der Waals surface area (Å²) in [5.41, 5.74) is 0.597. The first-order valence-corrected chi connectivity index (χ1v) is 10.1. The van der Waals surface area contributed by atoms with E-state index in [2.05, 4.69) is 5.32 Å². The number of hydrogen-bond acceptors (Lipinski definition) is 5. The maximum Gasteiger partial charge on any atom is 0.410 e. The van der Waals surface area contributed by atoms with Gasteiger partial charge in [-0.15, -0.1) is 0 Å². The first-order valence-electron chi connectivity index (χ1n) is 10.1. The highest BCUT2D eigenvalue weighted by Crippen LogP contribution is 2.21. The first-order chi connectivity index (χ1) is 13.7. The number of esters is 1. The number of carbonyl (C=O) groups excluding carboxylic acids is 3. The molecule has 1 heterocycles. The van der Waals surface area contributed by atoms with Crippen LogP contribution >= 0.6 is 0 Å². The molecule has 0 radical (unpaired) electrons. The monoisotopic (exact) mass is 404 g/mol. The Bertz CT molecular complexity index is 691. The lowest BCUT2D eigenvalue weighted by molar-refractivity contribution is -0.154. The van der Waals surface area contributed by atoms with Crippen molar-refractivity contribution in [3.63, 3.8) is 0 Å². The van der Waals surface area contributed by atoms with E-state index in [0.717, 1.165) is 5.56 Å². The minimum Gasteiger partial charge on any atom is -0.455 e. The van der Waals surface area contributed by atoms with Crippen LogP contribution in [0.4, 0.5) is 4.79 Å². The van der Waals surface area contributed by atoms with E-state index in [0.29, 0.717) is 32.5 Å². The van der Waals surface area contributed by atoms with Gasteiger partial charge in [0, 0.05) is 19.6 Å². The third-order valence-electron chi connectivity index (χ3n) is 4.80. The van der Waals surface area contributed by atoms with Gasteiger partial charge >= 0.3 is 12.1 Å². The quantitative estimate of drug-likeness (QED) is 0.737. The number of carbonyl (C=O) groups is 3. The SMILES string of the molecule is C[C@H](CNC(=O)COC(=O)C1CCN(C(=O)OC(C)(C)C)CC1)c1ccccc1. The maximum atomic E-state index is 12.2. The smallest absolute Gasteiger partial charge is 0.410 e. The van der Waals surface area contributed by atoms with Crippen LogP contribution in [0.25, 0.3) is 0 Å². The van der Waals surface area contributed by atoms with Crippen LogP contribution < -0.4 is 5.32 Å². The molecule has 0 bridgehead atoms. The maximum absolute atomic E-state index is 12.2. The fourth-order valence-electron chi connectivity index (χ4n) is 3.10. The van der Waals surface area contributed by atoms with Gasteiger partial charge in [0.15, 0.2) is 6.61 Å². The van der Waals surface area contributed by atoms with E-state index in [-0.39, 0.29) is 36.4 Å². The summed E-state index contributed by atoms with van der Waals surface area (Å²) in [7, 11) is 0. The molecule has 0 aliphatic carbocycles. The lowest BCUT2D eigenvalue weighted by Gasteiger charge is -2.32. The number of ether oxygens (including phenoxy) is 2. The van der Waals surface area contributed by atoms with Crippen LogP contribution in [0.15, 0.2) is 30.3 Å². The Balaban J connectivity index is 1.66. The minimum atomic E-state index is -0.543. The number of nitrogens with zero attached hydrogens (tertiary/aromatic N) is 1. The molecule has 1 aromatic rings. The molecule has 1 atom stereocenters. The number of rotatable bonds is 6. The Morgan fingerprint density at radius 1 is 1.14 bits per heavy atom. The van der Waals surface area contributed by atoms with E-state index in [4.69, 9.17) is 9.47 Å². The van der Waals surface area contributed by atoms with E-state index in [1.54, 1.807) is 4.90 Å². The minimum absolute atomic E-state index is 0.174. The second-order valence-corrected chi connectivity index (χ2v) is 8.47. The van der Waals surface area contributed by atoms with Crippen molar-refractivity contribution in [1.82, 2.24) is 10.2 Å². The second-order valence-electron chi connectivity index (χ2n) is 8.47. The molecule has 1 aliphatic heterocycles. The summed E-state index contributed by atoms with van der Waals surface area (Å²) in [5, 5.41) is 2.80. The van der Waals surface area contributed by atoms with Gasteiger partial charge in [0.25, 0.3) is 5.91 Å².